The summed E-state index contributed by atoms with van der Waals surface area (Å²) < 4.78 is 7.10. The van der Waals surface area contributed by atoms with Crippen LogP contribution in [0, 0.1) is 0 Å². The normalized spacial score (nSPS) is 17.6. The summed E-state index contributed by atoms with van der Waals surface area (Å²) in [5, 5.41) is 11.1. The van der Waals surface area contributed by atoms with E-state index < -0.39 is 0 Å². The molecule has 2 amide bonds. The van der Waals surface area contributed by atoms with Crippen molar-refractivity contribution in [1.82, 2.24) is 25.0 Å². The van der Waals surface area contributed by atoms with Gasteiger partial charge in [-0.05, 0) is 37.0 Å². The van der Waals surface area contributed by atoms with E-state index in [1.54, 1.807) is 13.4 Å². The van der Waals surface area contributed by atoms with Gasteiger partial charge in [-0.1, -0.05) is 12.1 Å². The Balaban J connectivity index is 1.67. The van der Waals surface area contributed by atoms with Gasteiger partial charge in [-0.2, -0.15) is 0 Å². The number of ether oxygens (including phenoxy) is 1. The molecular weight excluding hydrogens is 306 g/mol. The molecule has 1 N–H and O–H groups in total. The van der Waals surface area contributed by atoms with E-state index in [0.717, 1.165) is 42.9 Å². The van der Waals surface area contributed by atoms with Crippen molar-refractivity contribution >= 4 is 6.03 Å². The molecule has 1 aromatic heterocycles. The second-order valence-electron chi connectivity index (χ2n) is 6.02. The zero-order chi connectivity index (χ0) is 16.9. The molecule has 0 saturated carbocycles. The number of rotatable bonds is 4. The molecule has 1 aliphatic heterocycles. The zero-order valence-corrected chi connectivity index (χ0v) is 14.1. The molecule has 1 saturated heterocycles. The van der Waals surface area contributed by atoms with Gasteiger partial charge in [0.05, 0.1) is 13.2 Å². The number of amides is 2. The summed E-state index contributed by atoms with van der Waals surface area (Å²) in [7, 11) is 3.55. The van der Waals surface area contributed by atoms with Crippen LogP contribution in [0.4, 0.5) is 4.79 Å². The summed E-state index contributed by atoms with van der Waals surface area (Å²) in [6.45, 7) is 1.21. The van der Waals surface area contributed by atoms with Crippen LogP contribution < -0.4 is 10.1 Å². The van der Waals surface area contributed by atoms with E-state index in [2.05, 4.69) is 15.5 Å². The predicted molar refractivity (Wildman–Crippen MR) is 89.5 cm³/mol. The second-order valence-corrected chi connectivity index (χ2v) is 6.02. The first kappa shape index (κ1) is 16.3. The van der Waals surface area contributed by atoms with Crippen molar-refractivity contribution in [3.63, 3.8) is 0 Å². The van der Waals surface area contributed by atoms with Gasteiger partial charge in [0, 0.05) is 20.1 Å². The number of hydrogen-bond donors (Lipinski definition) is 1. The maximum Gasteiger partial charge on any atom is 0.318 e. The number of benzene rings is 1. The van der Waals surface area contributed by atoms with E-state index in [-0.39, 0.29) is 12.1 Å². The van der Waals surface area contributed by atoms with Crippen molar-refractivity contribution in [3.8, 4) is 5.75 Å². The second kappa shape index (κ2) is 7.33. The highest BCUT2D eigenvalue weighted by molar-refractivity contribution is 5.74. The molecule has 24 heavy (non-hydrogen) atoms. The largest absolute Gasteiger partial charge is 0.497 e. The molecular formula is C17H23N5O2. The number of hydrogen-bond acceptors (Lipinski definition) is 4. The van der Waals surface area contributed by atoms with E-state index in [0.29, 0.717) is 6.54 Å². The van der Waals surface area contributed by atoms with Crippen LogP contribution in [0.5, 0.6) is 5.75 Å². The van der Waals surface area contributed by atoms with E-state index in [1.165, 1.54) is 0 Å². The predicted octanol–water partition coefficient (Wildman–Crippen LogP) is 2.26. The smallest absolute Gasteiger partial charge is 0.318 e. The molecule has 3 rings (SSSR count). The van der Waals surface area contributed by atoms with Crippen LogP contribution >= 0.6 is 0 Å². The average molecular weight is 329 g/mol. The van der Waals surface area contributed by atoms with Crippen molar-refractivity contribution in [1.29, 1.82) is 0 Å². The van der Waals surface area contributed by atoms with Gasteiger partial charge >= 0.3 is 6.03 Å². The standard InChI is InChI=1S/C17H23N5O2/c1-21-12-19-20-16(21)15-8-3-4-9-22(15)17(23)18-11-13-6-5-7-14(10-13)24-2/h5-7,10,12,15H,3-4,8-9,11H2,1-2H3,(H,18,23). The maximum atomic E-state index is 12.7. The first-order valence-corrected chi connectivity index (χ1v) is 8.20. The minimum absolute atomic E-state index is 0.0171. The lowest BCUT2D eigenvalue weighted by Gasteiger charge is -2.34. The number of carbonyl (C=O) groups excluding carboxylic acids is 1. The van der Waals surface area contributed by atoms with Crippen LogP contribution in [-0.4, -0.2) is 39.4 Å². The summed E-state index contributed by atoms with van der Waals surface area (Å²) in [6, 6.07) is 7.63. The molecule has 7 heteroatoms. The Hall–Kier alpha value is -2.57. The summed E-state index contributed by atoms with van der Waals surface area (Å²) in [5.41, 5.74) is 1.01. The van der Waals surface area contributed by atoms with Crippen LogP contribution in [0.3, 0.4) is 0 Å². The third-order valence-electron chi connectivity index (χ3n) is 4.39. The molecule has 128 valence electrons. The van der Waals surface area contributed by atoms with Crippen LogP contribution in [-0.2, 0) is 13.6 Å². The van der Waals surface area contributed by atoms with Gasteiger partial charge < -0.3 is 19.5 Å². The number of aryl methyl sites for hydroxylation is 1. The van der Waals surface area contributed by atoms with E-state index >= 15 is 0 Å². The lowest BCUT2D eigenvalue weighted by Crippen LogP contribution is -2.45. The Morgan fingerprint density at radius 2 is 2.29 bits per heavy atom. The van der Waals surface area contributed by atoms with Crippen LogP contribution in [0.1, 0.15) is 36.7 Å². The van der Waals surface area contributed by atoms with E-state index in [4.69, 9.17) is 4.74 Å². The third kappa shape index (κ3) is 3.50. The number of nitrogens with zero attached hydrogens (tertiary/aromatic N) is 4. The lowest BCUT2D eigenvalue weighted by atomic mass is 10.0. The number of methoxy groups -OCH3 is 1. The van der Waals surface area contributed by atoms with Gasteiger partial charge in [0.2, 0.25) is 0 Å². The van der Waals surface area contributed by atoms with Crippen molar-refractivity contribution in [2.24, 2.45) is 7.05 Å². The number of urea groups is 1. The van der Waals surface area contributed by atoms with E-state index in [9.17, 15) is 4.79 Å². The summed E-state index contributed by atoms with van der Waals surface area (Å²) >= 11 is 0. The first-order chi connectivity index (χ1) is 11.7. The van der Waals surface area contributed by atoms with Crippen LogP contribution in [0.25, 0.3) is 0 Å². The summed E-state index contributed by atoms with van der Waals surface area (Å²) in [6.07, 6.45) is 4.70. The van der Waals surface area contributed by atoms with Crippen molar-refractivity contribution in [2.75, 3.05) is 13.7 Å². The number of carbonyl (C=O) groups is 1. The first-order valence-electron chi connectivity index (χ1n) is 8.20. The number of likely N-dealkylation sites (tertiary alicyclic amines) is 1. The Morgan fingerprint density at radius 1 is 1.42 bits per heavy atom. The van der Waals surface area contributed by atoms with Crippen LogP contribution in [0.15, 0.2) is 30.6 Å². The Kier molecular flexibility index (Phi) is 4.98. The van der Waals surface area contributed by atoms with Crippen molar-refractivity contribution in [2.45, 2.75) is 31.8 Å². The quantitative estimate of drug-likeness (QED) is 0.934. The Labute approximate surface area is 141 Å². The third-order valence-corrected chi connectivity index (χ3v) is 4.39. The number of aromatic nitrogens is 3. The molecule has 2 heterocycles. The molecule has 0 bridgehead atoms. The van der Waals surface area contributed by atoms with Gasteiger partial charge in [-0.3, -0.25) is 0 Å². The molecule has 0 radical (unpaired) electrons. The fraction of sp³-hybridized carbons (Fsp3) is 0.471. The monoisotopic (exact) mass is 329 g/mol. The number of nitrogens with one attached hydrogen (secondary N) is 1. The molecule has 2 aromatic rings. The van der Waals surface area contributed by atoms with Crippen LogP contribution in [0.2, 0.25) is 0 Å². The van der Waals surface area contributed by atoms with Crippen molar-refractivity contribution < 1.29 is 9.53 Å². The van der Waals surface area contributed by atoms with Crippen molar-refractivity contribution in [3.05, 3.63) is 42.0 Å². The molecule has 7 nitrogen and oxygen atoms in total. The highest BCUT2D eigenvalue weighted by Gasteiger charge is 2.30. The van der Waals surface area contributed by atoms with Gasteiger partial charge in [0.15, 0.2) is 5.82 Å². The topological polar surface area (TPSA) is 72.3 Å². The molecule has 1 unspecified atom stereocenters. The fourth-order valence-electron chi connectivity index (χ4n) is 3.10. The van der Waals surface area contributed by atoms with Gasteiger partial charge in [0.25, 0.3) is 0 Å². The van der Waals surface area contributed by atoms with Gasteiger partial charge in [-0.15, -0.1) is 10.2 Å². The van der Waals surface area contributed by atoms with Gasteiger partial charge in [0.1, 0.15) is 12.1 Å². The molecule has 0 spiro atoms. The molecule has 0 aliphatic carbocycles. The highest BCUT2D eigenvalue weighted by atomic mass is 16.5. The lowest BCUT2D eigenvalue weighted by molar-refractivity contribution is 0.145. The minimum atomic E-state index is -0.0643. The zero-order valence-electron chi connectivity index (χ0n) is 14.1. The Bertz CT molecular complexity index is 700. The molecule has 1 aromatic carbocycles. The van der Waals surface area contributed by atoms with E-state index in [1.807, 2.05) is 40.8 Å². The molecule has 1 fully saturated rings. The molecule has 1 aliphatic rings. The molecule has 1 atom stereocenters. The SMILES string of the molecule is COc1cccc(CNC(=O)N2CCCCC2c2nncn2C)c1. The minimum Gasteiger partial charge on any atom is -0.497 e. The van der Waals surface area contributed by atoms with Gasteiger partial charge in [-0.25, -0.2) is 4.79 Å². The average Bonchev–Trinajstić information content (AvgIpc) is 3.05. The maximum absolute atomic E-state index is 12.7. The number of piperidine rings is 1. The fourth-order valence-corrected chi connectivity index (χ4v) is 3.10. The summed E-state index contributed by atoms with van der Waals surface area (Å²) in [4.78, 5) is 14.5. The Morgan fingerprint density at radius 3 is 3.04 bits per heavy atom. The summed E-state index contributed by atoms with van der Waals surface area (Å²) in [5.74, 6) is 1.63. The highest BCUT2D eigenvalue weighted by Crippen LogP contribution is 2.29.